The Bertz CT molecular complexity index is 581. The van der Waals surface area contributed by atoms with Crippen LogP contribution < -0.4 is 0 Å². The first-order valence-electron chi connectivity index (χ1n) is 6.00. The van der Waals surface area contributed by atoms with E-state index in [1.54, 1.807) is 0 Å². The van der Waals surface area contributed by atoms with Crippen LogP contribution in [0.2, 0.25) is 0 Å². The summed E-state index contributed by atoms with van der Waals surface area (Å²) >= 11 is 0. The molecule has 1 aromatic heterocycles. The summed E-state index contributed by atoms with van der Waals surface area (Å²) in [5.41, 5.74) is 4.58. The third kappa shape index (κ3) is 3.17. The molecule has 0 atom stereocenters. The van der Waals surface area contributed by atoms with Gasteiger partial charge in [-0.05, 0) is 23.3 Å². The van der Waals surface area contributed by atoms with Crippen LogP contribution in [0.15, 0.2) is 79.0 Å². The second-order valence-corrected chi connectivity index (χ2v) is 4.16. The van der Waals surface area contributed by atoms with E-state index < -0.39 is 0 Å². The molecule has 3 aromatic rings. The minimum Gasteiger partial charge on any atom is -0.256 e. The fourth-order valence-electron chi connectivity index (χ4n) is 2.01. The summed E-state index contributed by atoms with van der Waals surface area (Å²) in [6, 6.07) is 24.8. The summed E-state index contributed by atoms with van der Waals surface area (Å²) < 4.78 is 0. The Balaban J connectivity index is 0.00000133. The van der Waals surface area contributed by atoms with Gasteiger partial charge in [0.2, 0.25) is 0 Å². The Kier molecular flexibility index (Phi) is 4.62. The SMILES string of the molecule is [Ir+3].c1ccc(-c2ccnc(-c3ccccc3)c2)cc1. The Morgan fingerprint density at radius 1 is 0.579 bits per heavy atom. The molecule has 0 bridgehead atoms. The van der Waals surface area contributed by atoms with Gasteiger partial charge in [-0.3, -0.25) is 4.98 Å². The van der Waals surface area contributed by atoms with Crippen molar-refractivity contribution in [1.29, 1.82) is 0 Å². The van der Waals surface area contributed by atoms with E-state index >= 15 is 0 Å². The van der Waals surface area contributed by atoms with E-state index in [1.807, 2.05) is 36.5 Å². The standard InChI is InChI=1S/C17H13N.Ir/c1-3-7-14(8-4-1)16-11-12-18-17(13-16)15-9-5-2-6-10-15;/h1-13H;/q;+3. The molecule has 0 fully saturated rings. The van der Waals surface area contributed by atoms with E-state index in [0.29, 0.717) is 0 Å². The van der Waals surface area contributed by atoms with Crippen LogP contribution in [0.5, 0.6) is 0 Å². The van der Waals surface area contributed by atoms with Gasteiger partial charge in [-0.1, -0.05) is 60.7 Å². The zero-order chi connectivity index (χ0) is 12.2. The van der Waals surface area contributed by atoms with Gasteiger partial charge in [0.25, 0.3) is 0 Å². The van der Waals surface area contributed by atoms with Crippen LogP contribution in [0, 0.1) is 0 Å². The molecule has 3 rings (SSSR count). The van der Waals surface area contributed by atoms with Crippen LogP contribution in [0.25, 0.3) is 22.4 Å². The third-order valence-electron chi connectivity index (χ3n) is 2.94. The number of hydrogen-bond acceptors (Lipinski definition) is 1. The van der Waals surface area contributed by atoms with Gasteiger partial charge in [-0.15, -0.1) is 0 Å². The molecule has 0 saturated carbocycles. The molecule has 0 N–H and O–H groups in total. The van der Waals surface area contributed by atoms with E-state index in [1.165, 1.54) is 11.1 Å². The van der Waals surface area contributed by atoms with E-state index in [0.717, 1.165) is 11.3 Å². The fourth-order valence-corrected chi connectivity index (χ4v) is 2.01. The monoisotopic (exact) mass is 424 g/mol. The van der Waals surface area contributed by atoms with Crippen molar-refractivity contribution in [2.45, 2.75) is 0 Å². The molecular formula is C17H13IrN+3. The first-order chi connectivity index (χ1) is 8.93. The van der Waals surface area contributed by atoms with E-state index in [2.05, 4.69) is 47.4 Å². The molecule has 0 saturated heterocycles. The van der Waals surface area contributed by atoms with Crippen molar-refractivity contribution in [3.05, 3.63) is 79.0 Å². The zero-order valence-corrected chi connectivity index (χ0v) is 12.7. The van der Waals surface area contributed by atoms with Gasteiger partial charge < -0.3 is 0 Å². The number of benzene rings is 2. The summed E-state index contributed by atoms with van der Waals surface area (Å²) in [5.74, 6) is 0. The van der Waals surface area contributed by atoms with E-state index in [4.69, 9.17) is 0 Å². The maximum atomic E-state index is 4.44. The molecule has 0 radical (unpaired) electrons. The van der Waals surface area contributed by atoms with Crippen molar-refractivity contribution in [2.24, 2.45) is 0 Å². The molecule has 19 heavy (non-hydrogen) atoms. The fraction of sp³-hybridized carbons (Fsp3) is 0. The molecule has 0 amide bonds. The van der Waals surface area contributed by atoms with Gasteiger partial charge in [0, 0.05) is 11.8 Å². The predicted octanol–water partition coefficient (Wildman–Crippen LogP) is 4.41. The molecule has 2 heteroatoms. The van der Waals surface area contributed by atoms with E-state index in [-0.39, 0.29) is 20.1 Å². The van der Waals surface area contributed by atoms with Crippen molar-refractivity contribution >= 4 is 0 Å². The normalized spacial score (nSPS) is 9.68. The van der Waals surface area contributed by atoms with Crippen LogP contribution in [-0.2, 0) is 20.1 Å². The number of nitrogens with zero attached hydrogens (tertiary/aromatic N) is 1. The topological polar surface area (TPSA) is 12.9 Å². The van der Waals surface area contributed by atoms with Gasteiger partial charge >= 0.3 is 20.1 Å². The zero-order valence-electron chi connectivity index (χ0n) is 10.3. The van der Waals surface area contributed by atoms with Gasteiger partial charge in [-0.2, -0.15) is 0 Å². The van der Waals surface area contributed by atoms with Crippen molar-refractivity contribution in [1.82, 2.24) is 4.98 Å². The molecule has 1 nitrogen and oxygen atoms in total. The Labute approximate surface area is 126 Å². The molecular weight excluding hydrogens is 410 g/mol. The summed E-state index contributed by atoms with van der Waals surface area (Å²) in [7, 11) is 0. The smallest absolute Gasteiger partial charge is 0.256 e. The molecule has 2 aromatic carbocycles. The average molecular weight is 424 g/mol. The quantitative estimate of drug-likeness (QED) is 0.595. The maximum Gasteiger partial charge on any atom is 3.00 e. The van der Waals surface area contributed by atoms with Crippen molar-refractivity contribution in [3.63, 3.8) is 0 Å². The van der Waals surface area contributed by atoms with Gasteiger partial charge in [0.05, 0.1) is 5.69 Å². The molecule has 0 spiro atoms. The summed E-state index contributed by atoms with van der Waals surface area (Å²) in [6.07, 6.45) is 1.87. The first-order valence-corrected chi connectivity index (χ1v) is 6.00. The Morgan fingerprint density at radius 3 is 1.79 bits per heavy atom. The number of hydrogen-bond donors (Lipinski definition) is 0. The summed E-state index contributed by atoms with van der Waals surface area (Å²) in [5, 5.41) is 0. The minimum atomic E-state index is 0. The number of aromatic nitrogens is 1. The van der Waals surface area contributed by atoms with Crippen LogP contribution >= 0.6 is 0 Å². The van der Waals surface area contributed by atoms with E-state index in [9.17, 15) is 0 Å². The largest absolute Gasteiger partial charge is 3.00 e. The molecule has 0 unspecified atom stereocenters. The van der Waals surface area contributed by atoms with Gasteiger partial charge in [-0.25, -0.2) is 0 Å². The Morgan fingerprint density at radius 2 is 1.16 bits per heavy atom. The number of pyridine rings is 1. The molecule has 0 aliphatic rings. The first kappa shape index (κ1) is 13.7. The van der Waals surface area contributed by atoms with Gasteiger partial charge in [0.1, 0.15) is 0 Å². The maximum absolute atomic E-state index is 4.44. The second-order valence-electron chi connectivity index (χ2n) is 4.16. The average Bonchev–Trinajstić information content (AvgIpc) is 2.49. The predicted molar refractivity (Wildman–Crippen MR) is 75.1 cm³/mol. The minimum absolute atomic E-state index is 0. The summed E-state index contributed by atoms with van der Waals surface area (Å²) in [6.45, 7) is 0. The molecule has 92 valence electrons. The van der Waals surface area contributed by atoms with Crippen LogP contribution in [0.3, 0.4) is 0 Å². The van der Waals surface area contributed by atoms with Crippen LogP contribution in [0.4, 0.5) is 0 Å². The molecule has 0 aliphatic heterocycles. The molecule has 1 heterocycles. The van der Waals surface area contributed by atoms with Crippen molar-refractivity contribution in [2.75, 3.05) is 0 Å². The summed E-state index contributed by atoms with van der Waals surface area (Å²) in [4.78, 5) is 4.44. The van der Waals surface area contributed by atoms with Crippen molar-refractivity contribution in [3.8, 4) is 22.4 Å². The van der Waals surface area contributed by atoms with Gasteiger partial charge in [0.15, 0.2) is 0 Å². The number of rotatable bonds is 2. The second kappa shape index (κ2) is 6.42. The van der Waals surface area contributed by atoms with Crippen molar-refractivity contribution < 1.29 is 20.1 Å². The third-order valence-corrected chi connectivity index (χ3v) is 2.94. The Hall–Kier alpha value is -1.76. The van der Waals surface area contributed by atoms with Crippen LogP contribution in [0.1, 0.15) is 0 Å². The molecule has 0 aliphatic carbocycles. The van der Waals surface area contributed by atoms with Crippen LogP contribution in [-0.4, -0.2) is 4.98 Å².